The Bertz CT molecular complexity index is 605. The number of thiophene rings is 1. The zero-order valence-electron chi connectivity index (χ0n) is 9.79. The second-order valence-electron chi connectivity index (χ2n) is 3.76. The maximum atomic E-state index is 13.6. The van der Waals surface area contributed by atoms with Gasteiger partial charge in [0.15, 0.2) is 0 Å². The standard InChI is InChI=1S/C13H10F2O2S/c1-7-3-9(11(15)5-10(7)14)13(16)12-4-8(17-2)6-18-12/h3-6H,1-2H3. The van der Waals surface area contributed by atoms with E-state index in [0.29, 0.717) is 10.6 Å². The van der Waals surface area contributed by atoms with Gasteiger partial charge >= 0.3 is 0 Å². The van der Waals surface area contributed by atoms with E-state index in [1.54, 1.807) is 5.38 Å². The van der Waals surface area contributed by atoms with E-state index in [1.165, 1.54) is 26.2 Å². The van der Waals surface area contributed by atoms with Crippen molar-refractivity contribution in [1.82, 2.24) is 0 Å². The van der Waals surface area contributed by atoms with Crippen molar-refractivity contribution in [1.29, 1.82) is 0 Å². The first-order valence-corrected chi connectivity index (χ1v) is 6.03. The van der Waals surface area contributed by atoms with Gasteiger partial charge in [0.05, 0.1) is 17.6 Å². The summed E-state index contributed by atoms with van der Waals surface area (Å²) in [6, 6.07) is 3.48. The Balaban J connectivity index is 2.42. The number of carbonyl (C=O) groups excluding carboxylic acids is 1. The fourth-order valence-electron chi connectivity index (χ4n) is 1.51. The second kappa shape index (κ2) is 4.86. The molecule has 94 valence electrons. The number of benzene rings is 1. The maximum Gasteiger partial charge on any atom is 0.206 e. The number of halogens is 2. The van der Waals surface area contributed by atoms with Gasteiger partial charge < -0.3 is 4.74 Å². The Morgan fingerprint density at radius 3 is 2.56 bits per heavy atom. The normalized spacial score (nSPS) is 10.4. The van der Waals surface area contributed by atoms with Crippen LogP contribution in [0.3, 0.4) is 0 Å². The van der Waals surface area contributed by atoms with E-state index < -0.39 is 17.4 Å². The van der Waals surface area contributed by atoms with Crippen LogP contribution in [0.15, 0.2) is 23.6 Å². The number of rotatable bonds is 3. The average molecular weight is 268 g/mol. The molecule has 0 spiro atoms. The molecule has 0 amide bonds. The molecule has 2 rings (SSSR count). The number of hydrogen-bond donors (Lipinski definition) is 0. The molecule has 0 radical (unpaired) electrons. The Morgan fingerprint density at radius 2 is 1.94 bits per heavy atom. The molecule has 2 nitrogen and oxygen atoms in total. The molecule has 0 unspecified atom stereocenters. The van der Waals surface area contributed by atoms with Gasteiger partial charge in [-0.05, 0) is 18.6 Å². The molecule has 0 aliphatic carbocycles. The van der Waals surface area contributed by atoms with Crippen LogP contribution in [-0.4, -0.2) is 12.9 Å². The lowest BCUT2D eigenvalue weighted by Crippen LogP contribution is -2.04. The number of aryl methyl sites for hydroxylation is 1. The summed E-state index contributed by atoms with van der Waals surface area (Å²) in [6.07, 6.45) is 0. The van der Waals surface area contributed by atoms with Crippen LogP contribution in [-0.2, 0) is 0 Å². The third kappa shape index (κ3) is 2.26. The number of carbonyl (C=O) groups is 1. The van der Waals surface area contributed by atoms with Gasteiger partial charge in [0.2, 0.25) is 5.78 Å². The van der Waals surface area contributed by atoms with Crippen LogP contribution in [0.2, 0.25) is 0 Å². The van der Waals surface area contributed by atoms with Crippen LogP contribution >= 0.6 is 11.3 Å². The topological polar surface area (TPSA) is 26.3 Å². The minimum Gasteiger partial charge on any atom is -0.496 e. The third-order valence-corrected chi connectivity index (χ3v) is 3.44. The first-order chi connectivity index (χ1) is 8.52. The lowest BCUT2D eigenvalue weighted by Gasteiger charge is -2.03. The average Bonchev–Trinajstić information content (AvgIpc) is 2.81. The van der Waals surface area contributed by atoms with Crippen molar-refractivity contribution in [2.45, 2.75) is 6.92 Å². The van der Waals surface area contributed by atoms with Gasteiger partial charge in [-0.2, -0.15) is 0 Å². The Kier molecular flexibility index (Phi) is 3.43. The predicted molar refractivity (Wildman–Crippen MR) is 65.4 cm³/mol. The van der Waals surface area contributed by atoms with Gasteiger partial charge in [-0.1, -0.05) is 0 Å². The molecule has 0 aliphatic rings. The number of ketones is 1. The Hall–Kier alpha value is -1.75. The van der Waals surface area contributed by atoms with Crippen molar-refractivity contribution in [2.75, 3.05) is 7.11 Å². The summed E-state index contributed by atoms with van der Waals surface area (Å²) >= 11 is 1.16. The van der Waals surface area contributed by atoms with Crippen LogP contribution in [0, 0.1) is 18.6 Å². The van der Waals surface area contributed by atoms with Gasteiger partial charge in [-0.25, -0.2) is 8.78 Å². The maximum absolute atomic E-state index is 13.6. The van der Waals surface area contributed by atoms with Gasteiger partial charge in [-0.3, -0.25) is 4.79 Å². The second-order valence-corrected chi connectivity index (χ2v) is 4.67. The van der Waals surface area contributed by atoms with E-state index in [2.05, 4.69) is 0 Å². The Morgan fingerprint density at radius 1 is 1.22 bits per heavy atom. The summed E-state index contributed by atoms with van der Waals surface area (Å²) in [4.78, 5) is 12.4. The van der Waals surface area contributed by atoms with Gasteiger partial charge in [-0.15, -0.1) is 11.3 Å². The van der Waals surface area contributed by atoms with Crippen molar-refractivity contribution in [3.05, 3.63) is 51.2 Å². The summed E-state index contributed by atoms with van der Waals surface area (Å²) in [5.74, 6) is -1.44. The zero-order valence-corrected chi connectivity index (χ0v) is 10.6. The lowest BCUT2D eigenvalue weighted by molar-refractivity contribution is 0.103. The van der Waals surface area contributed by atoms with E-state index in [-0.39, 0.29) is 11.1 Å². The van der Waals surface area contributed by atoms with Crippen LogP contribution in [0.4, 0.5) is 8.78 Å². The van der Waals surface area contributed by atoms with E-state index >= 15 is 0 Å². The van der Waals surface area contributed by atoms with Crippen LogP contribution < -0.4 is 4.74 Å². The molecule has 5 heteroatoms. The summed E-state index contributed by atoms with van der Waals surface area (Å²) in [5, 5.41) is 1.65. The molecule has 1 aromatic carbocycles. The molecule has 0 aliphatic heterocycles. The molecule has 18 heavy (non-hydrogen) atoms. The molecule has 1 heterocycles. The predicted octanol–water partition coefficient (Wildman–Crippen LogP) is 3.57. The highest BCUT2D eigenvalue weighted by Gasteiger charge is 2.18. The van der Waals surface area contributed by atoms with E-state index in [9.17, 15) is 13.6 Å². The summed E-state index contributed by atoms with van der Waals surface area (Å²) < 4.78 is 31.6. The molecule has 0 atom stereocenters. The van der Waals surface area contributed by atoms with Gasteiger partial charge in [0, 0.05) is 17.5 Å². The van der Waals surface area contributed by atoms with Crippen LogP contribution in [0.25, 0.3) is 0 Å². The summed E-state index contributed by atoms with van der Waals surface area (Å²) in [6.45, 7) is 1.49. The zero-order chi connectivity index (χ0) is 13.3. The van der Waals surface area contributed by atoms with E-state index in [4.69, 9.17) is 4.74 Å². The van der Waals surface area contributed by atoms with Crippen molar-refractivity contribution < 1.29 is 18.3 Å². The van der Waals surface area contributed by atoms with Gasteiger partial charge in [0.1, 0.15) is 17.4 Å². The van der Waals surface area contributed by atoms with Crippen molar-refractivity contribution in [2.24, 2.45) is 0 Å². The van der Waals surface area contributed by atoms with Gasteiger partial charge in [0.25, 0.3) is 0 Å². The molecule has 0 fully saturated rings. The first kappa shape index (κ1) is 12.7. The van der Waals surface area contributed by atoms with Crippen LogP contribution in [0.5, 0.6) is 5.75 Å². The Labute approximate surface area is 107 Å². The number of ether oxygens (including phenoxy) is 1. The molecule has 2 aromatic rings. The number of hydrogen-bond acceptors (Lipinski definition) is 3. The summed E-state index contributed by atoms with van der Waals surface area (Å²) in [7, 11) is 1.49. The molecular weight excluding hydrogens is 258 g/mol. The van der Waals surface area contributed by atoms with Crippen molar-refractivity contribution >= 4 is 17.1 Å². The fourth-order valence-corrected chi connectivity index (χ4v) is 2.32. The monoisotopic (exact) mass is 268 g/mol. The molecule has 0 N–H and O–H groups in total. The van der Waals surface area contributed by atoms with E-state index in [0.717, 1.165) is 17.4 Å². The van der Waals surface area contributed by atoms with Crippen LogP contribution in [0.1, 0.15) is 20.8 Å². The number of methoxy groups -OCH3 is 1. The third-order valence-electron chi connectivity index (χ3n) is 2.53. The fraction of sp³-hybridized carbons (Fsp3) is 0.154. The SMILES string of the molecule is COc1csc(C(=O)c2cc(C)c(F)cc2F)c1. The molecule has 0 saturated heterocycles. The molecular formula is C13H10F2O2S. The first-order valence-electron chi connectivity index (χ1n) is 5.16. The van der Waals surface area contributed by atoms with E-state index in [1.807, 2.05) is 0 Å². The largest absolute Gasteiger partial charge is 0.496 e. The highest BCUT2D eigenvalue weighted by Crippen LogP contribution is 2.25. The quantitative estimate of drug-likeness (QED) is 0.795. The van der Waals surface area contributed by atoms with Crippen molar-refractivity contribution in [3.8, 4) is 5.75 Å². The molecule has 0 bridgehead atoms. The minimum atomic E-state index is -0.851. The minimum absolute atomic E-state index is 0.126. The van der Waals surface area contributed by atoms with Crippen molar-refractivity contribution in [3.63, 3.8) is 0 Å². The lowest BCUT2D eigenvalue weighted by atomic mass is 10.1. The highest BCUT2D eigenvalue weighted by molar-refractivity contribution is 7.12. The molecule has 1 aromatic heterocycles. The highest BCUT2D eigenvalue weighted by atomic mass is 32.1. The summed E-state index contributed by atoms with van der Waals surface area (Å²) in [5.41, 5.74) is 0.113. The smallest absolute Gasteiger partial charge is 0.206 e. The molecule has 0 saturated carbocycles.